The molecular formula is C9H11N3O. The van der Waals surface area contributed by atoms with Gasteiger partial charge in [-0.1, -0.05) is 5.16 Å². The molecule has 0 saturated heterocycles. The molecule has 68 valence electrons. The fourth-order valence-corrected chi connectivity index (χ4v) is 1.23. The quantitative estimate of drug-likeness (QED) is 0.665. The number of hydrogen-bond acceptors (Lipinski definition) is 3. The predicted molar refractivity (Wildman–Crippen MR) is 48.2 cm³/mol. The van der Waals surface area contributed by atoms with Gasteiger partial charge >= 0.3 is 0 Å². The molecule has 2 heterocycles. The molecule has 2 aromatic rings. The smallest absolute Gasteiger partial charge is 0.274 e. The van der Waals surface area contributed by atoms with E-state index in [1.54, 1.807) is 0 Å². The largest absolute Gasteiger partial charge is 0.344 e. The molecular weight excluding hydrogens is 166 g/mol. The van der Waals surface area contributed by atoms with Gasteiger partial charge in [-0.05, 0) is 26.0 Å². The summed E-state index contributed by atoms with van der Waals surface area (Å²) in [6.07, 6.45) is 0. The number of hydrogen-bond donors (Lipinski definition) is 0. The Kier molecular flexibility index (Phi) is 1.69. The number of rotatable bonds is 1. The van der Waals surface area contributed by atoms with Crippen LogP contribution in [0.2, 0.25) is 0 Å². The van der Waals surface area contributed by atoms with E-state index in [1.165, 1.54) is 5.69 Å². The molecule has 0 fully saturated rings. The van der Waals surface area contributed by atoms with Gasteiger partial charge in [0.25, 0.3) is 5.89 Å². The summed E-state index contributed by atoms with van der Waals surface area (Å²) in [5.41, 5.74) is 2.13. The van der Waals surface area contributed by atoms with Crippen LogP contribution in [0.1, 0.15) is 11.5 Å². The van der Waals surface area contributed by atoms with Crippen molar-refractivity contribution in [2.75, 3.05) is 0 Å². The van der Waals surface area contributed by atoms with Gasteiger partial charge in [-0.25, -0.2) is 0 Å². The van der Waals surface area contributed by atoms with Crippen molar-refractivity contribution < 1.29 is 4.52 Å². The summed E-state index contributed by atoms with van der Waals surface area (Å²) in [6.45, 7) is 3.84. The van der Waals surface area contributed by atoms with E-state index >= 15 is 0 Å². The van der Waals surface area contributed by atoms with Crippen molar-refractivity contribution in [2.24, 2.45) is 7.05 Å². The molecule has 0 radical (unpaired) electrons. The van der Waals surface area contributed by atoms with Crippen molar-refractivity contribution in [3.63, 3.8) is 0 Å². The lowest BCUT2D eigenvalue weighted by atomic mass is 10.4. The molecule has 0 atom stereocenters. The standard InChI is InChI=1S/C9H11N3O/c1-6-4-5-8(12(6)3)9-10-7(2)11-13-9/h4-5H,1-3H3. The van der Waals surface area contributed by atoms with Gasteiger partial charge in [0.05, 0.1) is 0 Å². The number of nitrogens with zero attached hydrogens (tertiary/aromatic N) is 3. The maximum absolute atomic E-state index is 5.06. The Morgan fingerprint density at radius 3 is 2.54 bits per heavy atom. The molecule has 0 spiro atoms. The second-order valence-corrected chi connectivity index (χ2v) is 3.07. The van der Waals surface area contributed by atoms with Crippen molar-refractivity contribution in [3.05, 3.63) is 23.7 Å². The highest BCUT2D eigenvalue weighted by Gasteiger charge is 2.10. The molecule has 4 nitrogen and oxygen atoms in total. The van der Waals surface area contributed by atoms with Crippen molar-refractivity contribution in [3.8, 4) is 11.6 Å². The van der Waals surface area contributed by atoms with E-state index in [0.717, 1.165) is 5.69 Å². The van der Waals surface area contributed by atoms with Gasteiger partial charge < -0.3 is 9.09 Å². The Labute approximate surface area is 76.2 Å². The van der Waals surface area contributed by atoms with Crippen LogP contribution in [0.15, 0.2) is 16.7 Å². The van der Waals surface area contributed by atoms with Crippen LogP contribution in [0.25, 0.3) is 11.6 Å². The van der Waals surface area contributed by atoms with Crippen LogP contribution in [0.3, 0.4) is 0 Å². The van der Waals surface area contributed by atoms with E-state index in [2.05, 4.69) is 10.1 Å². The van der Waals surface area contributed by atoms with Crippen molar-refractivity contribution in [1.82, 2.24) is 14.7 Å². The maximum atomic E-state index is 5.06. The summed E-state index contributed by atoms with van der Waals surface area (Å²) in [5, 5.41) is 3.74. The third-order valence-corrected chi connectivity index (χ3v) is 2.12. The van der Waals surface area contributed by atoms with Crippen LogP contribution < -0.4 is 0 Å². The molecule has 0 aliphatic carbocycles. The Hall–Kier alpha value is -1.58. The molecule has 0 N–H and O–H groups in total. The van der Waals surface area contributed by atoms with Gasteiger partial charge in [-0.3, -0.25) is 0 Å². The molecule has 2 rings (SSSR count). The third kappa shape index (κ3) is 1.24. The van der Waals surface area contributed by atoms with Crippen LogP contribution in [0.4, 0.5) is 0 Å². The molecule has 0 aliphatic heterocycles. The van der Waals surface area contributed by atoms with E-state index in [0.29, 0.717) is 11.7 Å². The molecule has 0 unspecified atom stereocenters. The molecule has 0 saturated carbocycles. The first-order chi connectivity index (χ1) is 6.18. The zero-order chi connectivity index (χ0) is 9.42. The lowest BCUT2D eigenvalue weighted by molar-refractivity contribution is 0.423. The summed E-state index contributed by atoms with van der Waals surface area (Å²) in [5.74, 6) is 1.24. The molecule has 0 amide bonds. The fraction of sp³-hybridized carbons (Fsp3) is 0.333. The molecule has 0 aliphatic rings. The minimum atomic E-state index is 0.577. The van der Waals surface area contributed by atoms with E-state index in [9.17, 15) is 0 Å². The Bertz CT molecular complexity index is 428. The van der Waals surface area contributed by atoms with E-state index in [4.69, 9.17) is 4.52 Å². The zero-order valence-electron chi connectivity index (χ0n) is 7.90. The van der Waals surface area contributed by atoms with Crippen LogP contribution >= 0.6 is 0 Å². The molecule has 0 bridgehead atoms. The second-order valence-electron chi connectivity index (χ2n) is 3.07. The first kappa shape index (κ1) is 8.04. The number of aromatic nitrogens is 3. The van der Waals surface area contributed by atoms with Crippen LogP contribution in [0.5, 0.6) is 0 Å². The van der Waals surface area contributed by atoms with Gasteiger partial charge in [0.1, 0.15) is 5.69 Å². The fourth-order valence-electron chi connectivity index (χ4n) is 1.23. The van der Waals surface area contributed by atoms with Gasteiger partial charge in [-0.2, -0.15) is 4.98 Å². The first-order valence-corrected chi connectivity index (χ1v) is 4.11. The lowest BCUT2D eigenvalue weighted by Gasteiger charge is -1.98. The highest BCUT2D eigenvalue weighted by atomic mass is 16.5. The molecule has 4 heteroatoms. The summed E-state index contributed by atoms with van der Waals surface area (Å²) in [7, 11) is 1.98. The van der Waals surface area contributed by atoms with Gasteiger partial charge in [0.2, 0.25) is 0 Å². The van der Waals surface area contributed by atoms with Crippen molar-refractivity contribution in [2.45, 2.75) is 13.8 Å². The normalized spacial score (nSPS) is 10.7. The molecule has 0 aromatic carbocycles. The number of aryl methyl sites for hydroxylation is 2. The van der Waals surface area contributed by atoms with Crippen molar-refractivity contribution >= 4 is 0 Å². The molecule has 2 aromatic heterocycles. The second kappa shape index (κ2) is 2.73. The predicted octanol–water partition coefficient (Wildman–Crippen LogP) is 1.69. The van der Waals surface area contributed by atoms with E-state index < -0.39 is 0 Å². The maximum Gasteiger partial charge on any atom is 0.274 e. The molecule has 13 heavy (non-hydrogen) atoms. The van der Waals surface area contributed by atoms with Crippen molar-refractivity contribution in [1.29, 1.82) is 0 Å². The Morgan fingerprint density at radius 2 is 2.08 bits per heavy atom. The lowest BCUT2D eigenvalue weighted by Crippen LogP contribution is -1.93. The average Bonchev–Trinajstić information content (AvgIpc) is 2.62. The van der Waals surface area contributed by atoms with Gasteiger partial charge in [-0.15, -0.1) is 0 Å². The SMILES string of the molecule is Cc1noc(-c2ccc(C)n2C)n1. The monoisotopic (exact) mass is 177 g/mol. The van der Waals surface area contributed by atoms with Crippen LogP contribution in [-0.4, -0.2) is 14.7 Å². The summed E-state index contributed by atoms with van der Waals surface area (Å²) >= 11 is 0. The Morgan fingerprint density at radius 1 is 1.31 bits per heavy atom. The highest BCUT2D eigenvalue weighted by Crippen LogP contribution is 2.18. The summed E-state index contributed by atoms with van der Waals surface area (Å²) < 4.78 is 7.08. The highest BCUT2D eigenvalue weighted by molar-refractivity contribution is 5.49. The summed E-state index contributed by atoms with van der Waals surface area (Å²) in [4.78, 5) is 4.16. The zero-order valence-corrected chi connectivity index (χ0v) is 7.90. The summed E-state index contributed by atoms with van der Waals surface area (Å²) in [6, 6.07) is 4.00. The third-order valence-electron chi connectivity index (χ3n) is 2.12. The van der Waals surface area contributed by atoms with E-state index in [1.807, 2.05) is 37.6 Å². The first-order valence-electron chi connectivity index (χ1n) is 4.11. The van der Waals surface area contributed by atoms with Gasteiger partial charge in [0.15, 0.2) is 5.82 Å². The minimum absolute atomic E-state index is 0.577. The topological polar surface area (TPSA) is 43.9 Å². The average molecular weight is 177 g/mol. The van der Waals surface area contributed by atoms with Gasteiger partial charge in [0, 0.05) is 12.7 Å². The Balaban J connectivity index is 2.52. The van der Waals surface area contributed by atoms with Crippen LogP contribution in [-0.2, 0) is 7.05 Å². The van der Waals surface area contributed by atoms with Crippen LogP contribution in [0, 0.1) is 13.8 Å². The minimum Gasteiger partial charge on any atom is -0.344 e. The van der Waals surface area contributed by atoms with E-state index in [-0.39, 0.29) is 0 Å².